The van der Waals surface area contributed by atoms with Crippen LogP contribution >= 0.6 is 0 Å². The van der Waals surface area contributed by atoms with Gasteiger partial charge in [-0.2, -0.15) is 0 Å². The fourth-order valence-corrected chi connectivity index (χ4v) is 15.2. The molecule has 1 heterocycles. The van der Waals surface area contributed by atoms with E-state index in [4.69, 9.17) is 4.74 Å². The molecule has 0 spiro atoms. The number of rotatable bonds is 8. The number of carboxylic acid groups (broad SMARTS) is 1. The molecule has 11 unspecified atom stereocenters. The predicted octanol–water partition coefficient (Wildman–Crippen LogP) is 9.25. The van der Waals surface area contributed by atoms with Gasteiger partial charge in [-0.3, -0.25) is 14.4 Å². The molecule has 6 fully saturated rings. The number of carbonyl (C=O) groups excluding carboxylic acids is 2. The largest absolute Gasteiger partial charge is 0.481 e. The van der Waals surface area contributed by atoms with Crippen LogP contribution in [-0.4, -0.2) is 64.7 Å². The number of carboxylic acids is 1. The van der Waals surface area contributed by atoms with Gasteiger partial charge in [-0.1, -0.05) is 73.3 Å². The molecule has 6 aliphatic carbocycles. The van der Waals surface area contributed by atoms with Crippen molar-refractivity contribution in [1.82, 2.24) is 4.90 Å². The lowest BCUT2D eigenvalue weighted by Gasteiger charge is -2.72. The van der Waals surface area contributed by atoms with Crippen molar-refractivity contribution in [3.05, 3.63) is 11.1 Å². The molecule has 2 N–H and O–H groups in total. The number of fused-ring (bicyclic) bond motifs is 8. The van der Waals surface area contributed by atoms with Crippen molar-refractivity contribution in [3.8, 4) is 0 Å². The van der Waals surface area contributed by atoms with Crippen LogP contribution < -0.4 is 0 Å². The second kappa shape index (κ2) is 13.4. The number of allylic oxidation sites excluding steroid dienone is 1. The number of hydrogen-bond donors (Lipinski definition) is 2. The minimum atomic E-state index is -1.15. The van der Waals surface area contributed by atoms with Crippen LogP contribution in [0.4, 0.5) is 0 Å². The number of carbonyl (C=O) groups is 3. The van der Waals surface area contributed by atoms with Gasteiger partial charge in [0.15, 0.2) is 5.78 Å². The molecule has 11 atom stereocenters. The summed E-state index contributed by atoms with van der Waals surface area (Å²) in [7, 11) is 0. The molecular weight excluding hydrogens is 663 g/mol. The number of aliphatic carboxylic acids is 1. The number of piperidine rings is 1. The van der Waals surface area contributed by atoms with Crippen molar-refractivity contribution in [2.45, 2.75) is 171 Å². The number of hydrogen-bond acceptors (Lipinski definition) is 6. The zero-order valence-corrected chi connectivity index (χ0v) is 34.8. The van der Waals surface area contributed by atoms with Gasteiger partial charge in [0.2, 0.25) is 0 Å². The number of ketones is 1. The first-order chi connectivity index (χ1) is 24.7. The third-order valence-corrected chi connectivity index (χ3v) is 18.3. The maximum Gasteiger partial charge on any atom is 0.309 e. The SMILES string of the molecule is CC(C)C1=C2C3CCC4C5(C)CCC(OC(=O)CC(C)(C)C(=O)O)C(C)(C)C5CCC4(C)C3(C)CCC2(C(O)CN2CCC3CCCCC3C2)CC1=O. The van der Waals surface area contributed by atoms with E-state index in [9.17, 15) is 24.6 Å². The summed E-state index contributed by atoms with van der Waals surface area (Å²) >= 11 is 0. The number of likely N-dealkylation sites (tertiary alicyclic amines) is 1. The number of esters is 1. The molecule has 0 aromatic heterocycles. The molecule has 7 rings (SSSR count). The van der Waals surface area contributed by atoms with E-state index in [0.29, 0.717) is 36.5 Å². The van der Waals surface area contributed by atoms with Gasteiger partial charge < -0.3 is 19.8 Å². The van der Waals surface area contributed by atoms with E-state index in [-0.39, 0.29) is 40.1 Å². The second-order valence-electron chi connectivity index (χ2n) is 21.9. The topological polar surface area (TPSA) is 104 Å². The fraction of sp³-hybridized carbons (Fsp3) is 0.891. The number of aliphatic hydroxyl groups excluding tert-OH is 1. The first-order valence-corrected chi connectivity index (χ1v) is 21.8. The number of β-amino-alcohol motifs (C(OH)–C–C–N with tert-alkyl or cyclic N) is 1. The van der Waals surface area contributed by atoms with Crippen molar-refractivity contribution < 1.29 is 29.3 Å². The zero-order valence-electron chi connectivity index (χ0n) is 34.8. The van der Waals surface area contributed by atoms with E-state index in [1.54, 1.807) is 13.8 Å². The van der Waals surface area contributed by atoms with Crippen LogP contribution in [0.25, 0.3) is 0 Å². The van der Waals surface area contributed by atoms with Gasteiger partial charge in [-0.15, -0.1) is 0 Å². The highest BCUT2D eigenvalue weighted by atomic mass is 16.5. The summed E-state index contributed by atoms with van der Waals surface area (Å²) in [5.41, 5.74) is 0.830. The van der Waals surface area contributed by atoms with Gasteiger partial charge in [0.05, 0.1) is 17.9 Å². The number of Topliss-reactive ketones (excluding diaryl/α,β-unsaturated/α-hetero) is 1. The van der Waals surface area contributed by atoms with Crippen LogP contribution in [0.5, 0.6) is 0 Å². The van der Waals surface area contributed by atoms with Crippen LogP contribution in [0.15, 0.2) is 11.1 Å². The third kappa shape index (κ3) is 6.04. The summed E-state index contributed by atoms with van der Waals surface area (Å²) in [4.78, 5) is 41.7. The molecule has 298 valence electrons. The molecular formula is C46H73NO6. The highest BCUT2D eigenvalue weighted by molar-refractivity contribution is 6.00. The Labute approximate surface area is 320 Å². The van der Waals surface area contributed by atoms with Crippen LogP contribution in [0, 0.1) is 68.0 Å². The van der Waals surface area contributed by atoms with Gasteiger partial charge in [0.25, 0.3) is 0 Å². The highest BCUT2D eigenvalue weighted by Gasteiger charge is 2.71. The molecule has 7 nitrogen and oxygen atoms in total. The molecule has 7 heteroatoms. The molecule has 0 bridgehead atoms. The molecule has 0 aromatic carbocycles. The van der Waals surface area contributed by atoms with Crippen LogP contribution in [-0.2, 0) is 19.1 Å². The Balaban J connectivity index is 1.14. The molecule has 0 aromatic rings. The molecule has 7 aliphatic rings. The van der Waals surface area contributed by atoms with E-state index in [0.717, 1.165) is 81.9 Å². The summed E-state index contributed by atoms with van der Waals surface area (Å²) in [6, 6.07) is 0. The predicted molar refractivity (Wildman–Crippen MR) is 208 cm³/mol. The summed E-state index contributed by atoms with van der Waals surface area (Å²) < 4.78 is 6.19. The Hall–Kier alpha value is -1.73. The van der Waals surface area contributed by atoms with Crippen molar-refractivity contribution in [2.24, 2.45) is 68.0 Å². The molecule has 53 heavy (non-hydrogen) atoms. The lowest BCUT2D eigenvalue weighted by Crippen LogP contribution is -2.66. The smallest absolute Gasteiger partial charge is 0.309 e. The quantitative estimate of drug-likeness (QED) is 0.240. The van der Waals surface area contributed by atoms with Gasteiger partial charge in [0.1, 0.15) is 6.10 Å². The molecule has 1 saturated heterocycles. The Morgan fingerprint density at radius 2 is 1.57 bits per heavy atom. The van der Waals surface area contributed by atoms with Crippen LogP contribution in [0.1, 0.15) is 159 Å². The Kier molecular flexibility index (Phi) is 10.0. The van der Waals surface area contributed by atoms with Crippen molar-refractivity contribution in [1.29, 1.82) is 0 Å². The fourth-order valence-electron chi connectivity index (χ4n) is 15.2. The van der Waals surface area contributed by atoms with Gasteiger partial charge >= 0.3 is 11.9 Å². The Bertz CT molecular complexity index is 1510. The lowest BCUT2D eigenvalue weighted by molar-refractivity contribution is -0.235. The van der Waals surface area contributed by atoms with Crippen LogP contribution in [0.2, 0.25) is 0 Å². The maximum atomic E-state index is 14.2. The highest BCUT2D eigenvalue weighted by Crippen LogP contribution is 2.77. The summed E-state index contributed by atoms with van der Waals surface area (Å²) in [5, 5.41) is 22.1. The third-order valence-electron chi connectivity index (χ3n) is 18.3. The minimum Gasteiger partial charge on any atom is -0.481 e. The lowest BCUT2D eigenvalue weighted by atomic mass is 9.33. The van der Waals surface area contributed by atoms with E-state index < -0.39 is 28.9 Å². The second-order valence-corrected chi connectivity index (χ2v) is 21.9. The Morgan fingerprint density at radius 1 is 0.868 bits per heavy atom. The average molecular weight is 736 g/mol. The normalized spacial score (nSPS) is 43.3. The maximum absolute atomic E-state index is 14.2. The van der Waals surface area contributed by atoms with Crippen molar-refractivity contribution >= 4 is 17.7 Å². The van der Waals surface area contributed by atoms with Gasteiger partial charge in [0, 0.05) is 30.3 Å². The molecule has 0 radical (unpaired) electrons. The number of nitrogens with zero attached hydrogens (tertiary/aromatic N) is 1. The summed E-state index contributed by atoms with van der Waals surface area (Å²) in [5.74, 6) is 1.93. The summed E-state index contributed by atoms with van der Waals surface area (Å²) in [6.45, 7) is 22.8. The zero-order chi connectivity index (χ0) is 38.5. The van der Waals surface area contributed by atoms with Gasteiger partial charge in [-0.25, -0.2) is 0 Å². The van der Waals surface area contributed by atoms with Crippen LogP contribution in [0.3, 0.4) is 0 Å². The monoisotopic (exact) mass is 736 g/mol. The van der Waals surface area contributed by atoms with Gasteiger partial charge in [-0.05, 0) is 142 Å². The first-order valence-electron chi connectivity index (χ1n) is 21.8. The molecule has 5 saturated carbocycles. The average Bonchev–Trinajstić information content (AvgIpc) is 3.39. The molecule has 0 amide bonds. The number of ether oxygens (including phenoxy) is 1. The Morgan fingerprint density at radius 3 is 2.25 bits per heavy atom. The van der Waals surface area contributed by atoms with Crippen molar-refractivity contribution in [2.75, 3.05) is 19.6 Å². The molecule has 1 aliphatic heterocycles. The standard InChI is InChI=1S/C46H73NO6/c1-28(2)38-32(48)24-46(35(49)27-47-23-18-29-12-10-11-13-30(29)26-47)22-21-44(8)31(39(38)46)14-15-34-43(7)19-17-36(53-37(50)25-41(3,4)40(51)52)42(5,6)33(43)16-20-45(34,44)9/h28-31,33-36,49H,10-27H2,1-9H3,(H,51,52). The number of aliphatic hydroxyl groups is 1. The van der Waals surface area contributed by atoms with E-state index in [1.165, 1.54) is 37.7 Å². The van der Waals surface area contributed by atoms with Crippen molar-refractivity contribution in [3.63, 3.8) is 0 Å². The van der Waals surface area contributed by atoms with E-state index in [2.05, 4.69) is 53.4 Å². The summed E-state index contributed by atoms with van der Waals surface area (Å²) in [6.07, 6.45) is 14.5. The van der Waals surface area contributed by atoms with E-state index >= 15 is 0 Å². The van der Waals surface area contributed by atoms with E-state index in [1.807, 2.05) is 0 Å². The first kappa shape index (κ1) is 39.5. The minimum absolute atomic E-state index is 0.0313.